The van der Waals surface area contributed by atoms with Crippen molar-refractivity contribution in [3.8, 4) is 11.5 Å². The summed E-state index contributed by atoms with van der Waals surface area (Å²) in [5.74, 6) is 1.45. The van der Waals surface area contributed by atoms with E-state index in [4.69, 9.17) is 9.47 Å². The van der Waals surface area contributed by atoms with E-state index >= 15 is 0 Å². The summed E-state index contributed by atoms with van der Waals surface area (Å²) in [4.78, 5) is 29.7. The maximum atomic E-state index is 13.0. The van der Waals surface area contributed by atoms with Gasteiger partial charge in [-0.2, -0.15) is 0 Å². The minimum atomic E-state index is -0.270. The van der Waals surface area contributed by atoms with Crippen LogP contribution in [0.5, 0.6) is 11.5 Å². The number of carbonyl (C=O) groups excluding carboxylic acids is 2. The Kier molecular flexibility index (Phi) is 5.22. The summed E-state index contributed by atoms with van der Waals surface area (Å²) in [5.41, 5.74) is 1.88. The number of halogens is 1. The fourth-order valence-electron chi connectivity index (χ4n) is 4.60. The van der Waals surface area contributed by atoms with Gasteiger partial charge in [-0.05, 0) is 42.5 Å². The first-order valence-electron chi connectivity index (χ1n) is 10.3. The molecule has 0 aromatic heterocycles. The van der Waals surface area contributed by atoms with Gasteiger partial charge in [0.1, 0.15) is 32.7 Å². The molecule has 2 aromatic carbocycles. The first-order valence-corrected chi connectivity index (χ1v) is 11.1. The molecule has 3 aliphatic rings. The fraction of sp³-hybridized carbons (Fsp3) is 0.364. The molecular formula is C22H24BrN3O4+2. The zero-order chi connectivity index (χ0) is 20.7. The lowest BCUT2D eigenvalue weighted by Gasteiger charge is -2.32. The highest BCUT2D eigenvalue weighted by atomic mass is 79.9. The Morgan fingerprint density at radius 2 is 1.70 bits per heavy atom. The number of carbonyl (C=O) groups is 2. The summed E-state index contributed by atoms with van der Waals surface area (Å²) in [6, 6.07) is 13.2. The maximum absolute atomic E-state index is 13.0. The van der Waals surface area contributed by atoms with Gasteiger partial charge in [0.15, 0.2) is 17.5 Å². The first kappa shape index (κ1) is 19.5. The smallest absolute Gasteiger partial charge is 0.292 e. The Hall–Kier alpha value is -2.42. The Morgan fingerprint density at radius 1 is 0.967 bits per heavy atom. The molecule has 2 fully saturated rings. The highest BCUT2D eigenvalue weighted by Crippen LogP contribution is 2.32. The molecule has 0 radical (unpaired) electrons. The van der Waals surface area contributed by atoms with Gasteiger partial charge in [-0.25, -0.2) is 4.90 Å². The number of hydrogen-bond donors (Lipinski definition) is 2. The number of imide groups is 1. The Bertz CT molecular complexity index is 973. The third-order valence-electron chi connectivity index (χ3n) is 6.21. The number of hydrogen-bond acceptors (Lipinski definition) is 4. The second-order valence-corrected chi connectivity index (χ2v) is 8.99. The number of nitrogens with zero attached hydrogens (tertiary/aromatic N) is 1. The van der Waals surface area contributed by atoms with Crippen LogP contribution in [0.15, 0.2) is 46.9 Å². The molecule has 8 heteroatoms. The van der Waals surface area contributed by atoms with E-state index in [1.165, 1.54) is 20.3 Å². The summed E-state index contributed by atoms with van der Waals surface area (Å²) >= 11 is 3.39. The van der Waals surface area contributed by atoms with E-state index in [-0.39, 0.29) is 17.9 Å². The van der Waals surface area contributed by atoms with E-state index in [9.17, 15) is 9.59 Å². The lowest BCUT2D eigenvalue weighted by Crippen LogP contribution is -3.29. The number of fused-ring (bicyclic) bond motifs is 1. The van der Waals surface area contributed by atoms with Crippen LogP contribution in [0.2, 0.25) is 0 Å². The highest BCUT2D eigenvalue weighted by Gasteiger charge is 2.46. The molecule has 0 bridgehead atoms. The van der Waals surface area contributed by atoms with Crippen LogP contribution in [0.1, 0.15) is 12.0 Å². The van der Waals surface area contributed by atoms with Crippen LogP contribution in [0.3, 0.4) is 0 Å². The number of piperazine rings is 1. The molecule has 7 nitrogen and oxygen atoms in total. The third-order valence-corrected chi connectivity index (χ3v) is 6.74. The summed E-state index contributed by atoms with van der Waals surface area (Å²) in [7, 11) is 0. The Labute approximate surface area is 183 Å². The van der Waals surface area contributed by atoms with Gasteiger partial charge >= 0.3 is 0 Å². The van der Waals surface area contributed by atoms with Gasteiger partial charge in [-0.15, -0.1) is 0 Å². The molecule has 1 unspecified atom stereocenters. The first-order chi connectivity index (χ1) is 14.6. The van der Waals surface area contributed by atoms with Crippen molar-refractivity contribution in [1.82, 2.24) is 0 Å². The molecule has 30 heavy (non-hydrogen) atoms. The summed E-state index contributed by atoms with van der Waals surface area (Å²) in [6.07, 6.45) is 0.293. The number of quaternary nitrogens is 2. The van der Waals surface area contributed by atoms with Gasteiger partial charge in [0.2, 0.25) is 12.7 Å². The molecular weight excluding hydrogens is 450 g/mol. The quantitative estimate of drug-likeness (QED) is 0.603. The largest absolute Gasteiger partial charge is 0.454 e. The number of nitrogens with one attached hydrogen (secondary N) is 2. The van der Waals surface area contributed by atoms with E-state index in [2.05, 4.69) is 28.1 Å². The molecule has 5 rings (SSSR count). The van der Waals surface area contributed by atoms with Crippen LogP contribution in [-0.2, 0) is 16.1 Å². The van der Waals surface area contributed by atoms with Crippen molar-refractivity contribution in [3.63, 3.8) is 0 Å². The topological polar surface area (TPSA) is 64.7 Å². The third kappa shape index (κ3) is 3.71. The van der Waals surface area contributed by atoms with Crippen LogP contribution in [0.4, 0.5) is 5.69 Å². The molecule has 2 saturated heterocycles. The highest BCUT2D eigenvalue weighted by molar-refractivity contribution is 9.10. The number of ether oxygens (including phenoxy) is 2. The van der Waals surface area contributed by atoms with E-state index < -0.39 is 0 Å². The van der Waals surface area contributed by atoms with Gasteiger partial charge in [0.25, 0.3) is 5.91 Å². The lowest BCUT2D eigenvalue weighted by molar-refractivity contribution is -1.02. The van der Waals surface area contributed by atoms with Crippen LogP contribution in [0.25, 0.3) is 0 Å². The van der Waals surface area contributed by atoms with E-state index in [1.807, 2.05) is 30.3 Å². The van der Waals surface area contributed by atoms with Crippen molar-refractivity contribution < 1.29 is 28.9 Å². The summed E-state index contributed by atoms with van der Waals surface area (Å²) in [5, 5.41) is 0. The lowest BCUT2D eigenvalue weighted by atomic mass is 10.1. The number of benzene rings is 2. The van der Waals surface area contributed by atoms with E-state index in [0.717, 1.165) is 48.7 Å². The van der Waals surface area contributed by atoms with Gasteiger partial charge in [-0.3, -0.25) is 9.59 Å². The number of rotatable bonds is 4. The van der Waals surface area contributed by atoms with Crippen LogP contribution in [-0.4, -0.2) is 50.8 Å². The molecule has 3 aliphatic heterocycles. The molecule has 0 saturated carbocycles. The predicted molar refractivity (Wildman–Crippen MR) is 113 cm³/mol. The summed E-state index contributed by atoms with van der Waals surface area (Å²) < 4.78 is 11.8. The normalized spacial score (nSPS) is 25.8. The van der Waals surface area contributed by atoms with Crippen molar-refractivity contribution >= 4 is 33.4 Å². The molecule has 2 amide bonds. The van der Waals surface area contributed by atoms with Crippen molar-refractivity contribution in [2.75, 3.05) is 37.9 Å². The second-order valence-electron chi connectivity index (χ2n) is 8.07. The van der Waals surface area contributed by atoms with Crippen LogP contribution < -0.4 is 24.2 Å². The molecule has 156 valence electrons. The minimum Gasteiger partial charge on any atom is -0.454 e. The number of anilines is 1. The second kappa shape index (κ2) is 8.02. The van der Waals surface area contributed by atoms with Crippen molar-refractivity contribution in [3.05, 3.63) is 52.5 Å². The molecule has 3 heterocycles. The molecule has 1 atom stereocenters. The van der Waals surface area contributed by atoms with E-state index in [1.54, 1.807) is 0 Å². The monoisotopic (exact) mass is 473 g/mol. The maximum Gasteiger partial charge on any atom is 0.292 e. The fourth-order valence-corrected chi connectivity index (χ4v) is 4.87. The van der Waals surface area contributed by atoms with Gasteiger partial charge in [0.05, 0.1) is 12.1 Å². The van der Waals surface area contributed by atoms with Crippen molar-refractivity contribution in [1.29, 1.82) is 0 Å². The van der Waals surface area contributed by atoms with Crippen LogP contribution >= 0.6 is 15.9 Å². The van der Waals surface area contributed by atoms with Gasteiger partial charge < -0.3 is 19.3 Å². The van der Waals surface area contributed by atoms with Crippen molar-refractivity contribution in [2.24, 2.45) is 0 Å². The molecule has 2 aromatic rings. The van der Waals surface area contributed by atoms with Crippen LogP contribution in [0, 0.1) is 0 Å². The standard InChI is InChI=1S/C22H22BrN3O4/c23-16-2-4-17(5-3-16)26-21(27)12-18(22(26)28)25-9-7-24(8-10-25)13-15-1-6-19-20(11-15)30-14-29-19/h1-6,11,18H,7-10,12-14H2/p+2. The minimum absolute atomic E-state index is 0.0726. The zero-order valence-electron chi connectivity index (χ0n) is 16.5. The Balaban J connectivity index is 1.20. The zero-order valence-corrected chi connectivity index (χ0v) is 18.1. The molecule has 2 N–H and O–H groups in total. The number of amides is 2. The molecule has 0 spiro atoms. The summed E-state index contributed by atoms with van der Waals surface area (Å²) in [6.45, 7) is 4.93. The Morgan fingerprint density at radius 3 is 2.47 bits per heavy atom. The SMILES string of the molecule is O=C1CC([NH+]2CC[NH+](Cc3ccc4c(c3)OCO4)CC2)C(=O)N1c1ccc(Br)cc1. The predicted octanol–water partition coefficient (Wildman–Crippen LogP) is -0.207. The van der Waals surface area contributed by atoms with E-state index in [0.29, 0.717) is 18.9 Å². The average molecular weight is 474 g/mol. The molecule has 0 aliphatic carbocycles. The van der Waals surface area contributed by atoms with Gasteiger partial charge in [0, 0.05) is 10.0 Å². The van der Waals surface area contributed by atoms with Crippen molar-refractivity contribution in [2.45, 2.75) is 19.0 Å². The average Bonchev–Trinajstić information content (AvgIpc) is 3.33. The van der Waals surface area contributed by atoms with Gasteiger partial charge in [-0.1, -0.05) is 15.9 Å².